The van der Waals surface area contributed by atoms with Gasteiger partial charge in [0.1, 0.15) is 0 Å². The molecule has 9 aromatic rings. The van der Waals surface area contributed by atoms with Crippen molar-refractivity contribution in [3.8, 4) is 44.5 Å². The van der Waals surface area contributed by atoms with Crippen LogP contribution in [0.3, 0.4) is 0 Å². The average Bonchev–Trinajstić information content (AvgIpc) is 3.60. The Labute approximate surface area is 381 Å². The molecule has 314 valence electrons. The molecule has 0 radical (unpaired) electrons. The quantitative estimate of drug-likeness (QED) is 0.122. The second-order valence-corrected chi connectivity index (χ2v) is 17.0. The summed E-state index contributed by atoms with van der Waals surface area (Å²) in [6, 6.07) is 76.6. The van der Waals surface area contributed by atoms with E-state index in [9.17, 15) is 9.59 Å². The fourth-order valence-electron chi connectivity index (χ4n) is 9.28. The van der Waals surface area contributed by atoms with Gasteiger partial charge in [-0.15, -0.1) is 0 Å². The Bertz CT molecular complexity index is 3150. The van der Waals surface area contributed by atoms with Crippen LogP contribution in [0.5, 0.6) is 0 Å². The Morgan fingerprint density at radius 1 is 0.415 bits per heavy atom. The Morgan fingerprint density at radius 2 is 0.862 bits per heavy atom. The average molecular weight is 842 g/mol. The van der Waals surface area contributed by atoms with Crippen LogP contribution in [0.15, 0.2) is 224 Å². The van der Waals surface area contributed by atoms with Crippen molar-refractivity contribution in [1.29, 1.82) is 0 Å². The van der Waals surface area contributed by atoms with Crippen LogP contribution in [-0.2, 0) is 10.2 Å². The molecule has 0 aliphatic heterocycles. The highest BCUT2D eigenvalue weighted by Gasteiger charge is 2.35. The van der Waals surface area contributed by atoms with Gasteiger partial charge < -0.3 is 9.80 Å². The molecule has 9 aromatic carbocycles. The highest BCUT2D eigenvalue weighted by Crippen LogP contribution is 2.50. The molecule has 0 bridgehead atoms. The molecule has 2 amide bonds. The first-order valence-electron chi connectivity index (χ1n) is 22.0. The molecule has 65 heavy (non-hydrogen) atoms. The molecule has 0 saturated heterocycles. The summed E-state index contributed by atoms with van der Waals surface area (Å²) in [5.41, 5.74) is 16.7. The lowest BCUT2D eigenvalue weighted by molar-refractivity contribution is -0.106. The number of hydrogen-bond donors (Lipinski definition) is 0. The first kappa shape index (κ1) is 40.8. The maximum atomic E-state index is 14.7. The lowest BCUT2D eigenvalue weighted by Gasteiger charge is -2.27. The SMILES string of the molecule is CN(C(=O)c1cc(-c2ccc(N(c3ccc(-c4ccccc4)cc3)c3ccc4c(c3)-c3ccccc3C4(C)C)cc2)ccc1N(C=O)c1ccccc1)c1ccc(-c2ccccc2)cc1. The molecular weight excluding hydrogens is 795 g/mol. The van der Waals surface area contributed by atoms with Crippen molar-refractivity contribution in [3.63, 3.8) is 0 Å². The lowest BCUT2D eigenvalue weighted by atomic mass is 9.82. The van der Waals surface area contributed by atoms with Crippen LogP contribution in [0.25, 0.3) is 44.5 Å². The molecule has 10 rings (SSSR count). The molecule has 1 aliphatic rings. The van der Waals surface area contributed by atoms with Gasteiger partial charge in [-0.25, -0.2) is 0 Å². The Balaban J connectivity index is 1.03. The van der Waals surface area contributed by atoms with E-state index in [4.69, 9.17) is 0 Å². The molecule has 0 heterocycles. The van der Waals surface area contributed by atoms with E-state index >= 15 is 0 Å². The van der Waals surface area contributed by atoms with E-state index in [2.05, 4.69) is 146 Å². The van der Waals surface area contributed by atoms with E-state index in [1.165, 1.54) is 32.7 Å². The van der Waals surface area contributed by atoms with Crippen LogP contribution in [0, 0.1) is 0 Å². The van der Waals surface area contributed by atoms with Gasteiger partial charge in [-0.1, -0.05) is 166 Å². The predicted octanol–water partition coefficient (Wildman–Crippen LogP) is 15.0. The van der Waals surface area contributed by atoms with Gasteiger partial charge in [0.25, 0.3) is 5.91 Å². The van der Waals surface area contributed by atoms with Crippen molar-refractivity contribution in [1.82, 2.24) is 0 Å². The van der Waals surface area contributed by atoms with Gasteiger partial charge in [-0.3, -0.25) is 14.5 Å². The third kappa shape index (κ3) is 7.68. The summed E-state index contributed by atoms with van der Waals surface area (Å²) in [5.74, 6) is -0.236. The molecule has 1 aliphatic carbocycles. The molecule has 0 unspecified atom stereocenters. The number of amides is 2. The van der Waals surface area contributed by atoms with Crippen molar-refractivity contribution >= 4 is 46.4 Å². The lowest BCUT2D eigenvalue weighted by Crippen LogP contribution is -2.28. The smallest absolute Gasteiger partial charge is 0.260 e. The molecule has 5 heteroatoms. The van der Waals surface area contributed by atoms with Gasteiger partial charge in [0, 0.05) is 40.9 Å². The molecule has 0 fully saturated rings. The zero-order chi connectivity index (χ0) is 44.5. The fourth-order valence-corrected chi connectivity index (χ4v) is 9.28. The number of fused-ring (bicyclic) bond motifs is 3. The van der Waals surface area contributed by atoms with Gasteiger partial charge in [0.05, 0.1) is 11.3 Å². The Morgan fingerprint density at radius 3 is 1.43 bits per heavy atom. The van der Waals surface area contributed by atoms with E-state index in [-0.39, 0.29) is 11.3 Å². The standard InChI is InChI=1S/C60H47N3O2/c1-60(2)56-22-14-13-21-53(56)54-40-52(36-37-57(54)60)63(50-32-25-45(26-33-50)43-17-9-5-10-18-43)51-34-27-46(28-35-51)47-29-38-58(62(41-64)49-19-11-6-12-20-49)55(39-47)59(65)61(3)48-30-23-44(24-31-48)42-15-7-4-8-16-42/h4-41H,1-3H3. The number of rotatable bonds is 11. The van der Waals surface area contributed by atoms with Gasteiger partial charge in [-0.05, 0) is 128 Å². The van der Waals surface area contributed by atoms with E-state index in [1.54, 1.807) is 11.9 Å². The molecule has 0 atom stereocenters. The maximum Gasteiger partial charge on any atom is 0.260 e. The highest BCUT2D eigenvalue weighted by molar-refractivity contribution is 6.12. The van der Waals surface area contributed by atoms with E-state index in [0.717, 1.165) is 57.0 Å². The van der Waals surface area contributed by atoms with Crippen molar-refractivity contribution in [2.45, 2.75) is 19.3 Å². The normalized spacial score (nSPS) is 12.2. The van der Waals surface area contributed by atoms with Crippen molar-refractivity contribution in [2.75, 3.05) is 21.7 Å². The number of carbonyl (C=O) groups excluding carboxylic acids is 2. The van der Waals surface area contributed by atoms with Crippen molar-refractivity contribution in [2.24, 2.45) is 0 Å². The first-order chi connectivity index (χ1) is 31.8. The summed E-state index contributed by atoms with van der Waals surface area (Å²) < 4.78 is 0. The van der Waals surface area contributed by atoms with Crippen LogP contribution in [0.2, 0.25) is 0 Å². The monoisotopic (exact) mass is 841 g/mol. The minimum absolute atomic E-state index is 0.101. The number of anilines is 6. The van der Waals surface area contributed by atoms with Crippen molar-refractivity contribution in [3.05, 3.63) is 241 Å². The third-order valence-corrected chi connectivity index (χ3v) is 12.8. The largest absolute Gasteiger partial charge is 0.311 e. The predicted molar refractivity (Wildman–Crippen MR) is 269 cm³/mol. The highest BCUT2D eigenvalue weighted by atomic mass is 16.2. The van der Waals surface area contributed by atoms with Crippen LogP contribution in [0.1, 0.15) is 35.3 Å². The minimum Gasteiger partial charge on any atom is -0.311 e. The zero-order valence-electron chi connectivity index (χ0n) is 36.6. The van der Waals surface area contributed by atoms with Gasteiger partial charge in [0.15, 0.2) is 0 Å². The number of carbonyl (C=O) groups is 2. The van der Waals surface area contributed by atoms with E-state index < -0.39 is 0 Å². The summed E-state index contributed by atoms with van der Waals surface area (Å²) in [5, 5.41) is 0. The molecule has 0 spiro atoms. The first-order valence-corrected chi connectivity index (χ1v) is 22.0. The maximum absolute atomic E-state index is 14.7. The Kier molecular flexibility index (Phi) is 10.7. The molecule has 0 N–H and O–H groups in total. The summed E-state index contributed by atoms with van der Waals surface area (Å²) >= 11 is 0. The van der Waals surface area contributed by atoms with E-state index in [0.29, 0.717) is 16.9 Å². The number of hydrogen-bond acceptors (Lipinski definition) is 3. The number of nitrogens with zero attached hydrogens (tertiary/aromatic N) is 3. The number of para-hydroxylation sites is 1. The minimum atomic E-state index is -0.236. The van der Waals surface area contributed by atoms with Gasteiger partial charge in [-0.2, -0.15) is 0 Å². The van der Waals surface area contributed by atoms with Crippen molar-refractivity contribution < 1.29 is 9.59 Å². The third-order valence-electron chi connectivity index (χ3n) is 12.8. The van der Waals surface area contributed by atoms with Gasteiger partial charge >= 0.3 is 0 Å². The Hall–Kier alpha value is -8.28. The fraction of sp³-hybridized carbons (Fsp3) is 0.0667. The molecule has 0 saturated carbocycles. The second-order valence-electron chi connectivity index (χ2n) is 17.0. The summed E-state index contributed by atoms with van der Waals surface area (Å²) in [6.45, 7) is 4.61. The number of benzene rings is 9. The molecule has 5 nitrogen and oxygen atoms in total. The van der Waals surface area contributed by atoms with Gasteiger partial charge in [0.2, 0.25) is 6.41 Å². The summed E-state index contributed by atoms with van der Waals surface area (Å²) in [6.07, 6.45) is 0.768. The van der Waals surface area contributed by atoms with Crippen LogP contribution >= 0.6 is 0 Å². The van der Waals surface area contributed by atoms with Crippen LogP contribution < -0.4 is 14.7 Å². The summed E-state index contributed by atoms with van der Waals surface area (Å²) in [7, 11) is 1.78. The van der Waals surface area contributed by atoms with E-state index in [1.807, 2.05) is 97.1 Å². The molecule has 0 aromatic heterocycles. The molecular formula is C60H47N3O2. The topological polar surface area (TPSA) is 43.9 Å². The zero-order valence-corrected chi connectivity index (χ0v) is 36.6. The van der Waals surface area contributed by atoms with Crippen LogP contribution in [0.4, 0.5) is 34.1 Å². The summed E-state index contributed by atoms with van der Waals surface area (Å²) in [4.78, 5) is 33.0. The second kappa shape index (κ2) is 17.1. The van der Waals surface area contributed by atoms with Crippen LogP contribution in [-0.4, -0.2) is 19.4 Å².